The van der Waals surface area contributed by atoms with E-state index in [1.807, 2.05) is 38.1 Å². The number of amides is 1. The van der Waals surface area contributed by atoms with Gasteiger partial charge in [0, 0.05) is 26.8 Å². The van der Waals surface area contributed by atoms with Crippen LogP contribution in [0.2, 0.25) is 0 Å². The molecule has 0 bridgehead atoms. The molecule has 6 heteroatoms. The topological polar surface area (TPSA) is 58.4 Å². The van der Waals surface area contributed by atoms with Crippen LogP contribution in [0.1, 0.15) is 31.7 Å². The number of hydrogen-bond donors (Lipinski definition) is 2. The molecule has 0 aliphatic heterocycles. The van der Waals surface area contributed by atoms with Crippen LogP contribution in [0.5, 0.6) is 0 Å². The normalized spacial score (nSPS) is 14.7. The van der Waals surface area contributed by atoms with Crippen molar-refractivity contribution in [1.29, 1.82) is 0 Å². The third-order valence-corrected chi connectivity index (χ3v) is 4.46. The Labute approximate surface area is 127 Å². The summed E-state index contributed by atoms with van der Waals surface area (Å²) in [6.07, 6.45) is 0. The highest BCUT2D eigenvalue weighted by Gasteiger charge is 2.24. The summed E-state index contributed by atoms with van der Waals surface area (Å²) >= 11 is 5.11. The Morgan fingerprint density at radius 2 is 2.16 bits per heavy atom. The number of carbonyl (C=O) groups is 1. The SMILES string of the molecule is CC(C)NC(=O)CN(C)C(c1cc(Br)cs1)C(C)N. The molecule has 108 valence electrons. The predicted octanol–water partition coefficient (Wildman–Crippen LogP) is 2.36. The lowest BCUT2D eigenvalue weighted by Gasteiger charge is -2.30. The molecular formula is C13H22BrN3OS. The van der Waals surface area contributed by atoms with Gasteiger partial charge in [-0.25, -0.2) is 0 Å². The molecule has 2 atom stereocenters. The quantitative estimate of drug-likeness (QED) is 0.830. The Balaban J connectivity index is 2.74. The second kappa shape index (κ2) is 7.38. The maximum Gasteiger partial charge on any atom is 0.234 e. The van der Waals surface area contributed by atoms with E-state index in [0.717, 1.165) is 4.47 Å². The number of nitrogens with two attached hydrogens (primary N) is 1. The van der Waals surface area contributed by atoms with Gasteiger partial charge in [0.2, 0.25) is 5.91 Å². The van der Waals surface area contributed by atoms with Crippen LogP contribution in [0.25, 0.3) is 0 Å². The van der Waals surface area contributed by atoms with Crippen LogP contribution in [0.3, 0.4) is 0 Å². The molecule has 0 spiro atoms. The number of carbonyl (C=O) groups excluding carboxylic acids is 1. The minimum absolute atomic E-state index is 0.0266. The Hall–Kier alpha value is -0.430. The lowest BCUT2D eigenvalue weighted by atomic mass is 10.1. The van der Waals surface area contributed by atoms with Crippen molar-refractivity contribution in [3.63, 3.8) is 0 Å². The average Bonchev–Trinajstić information content (AvgIpc) is 2.62. The van der Waals surface area contributed by atoms with Crippen LogP contribution in [-0.2, 0) is 4.79 Å². The molecular weight excluding hydrogens is 326 g/mol. The zero-order chi connectivity index (χ0) is 14.6. The van der Waals surface area contributed by atoms with E-state index >= 15 is 0 Å². The molecule has 19 heavy (non-hydrogen) atoms. The third kappa shape index (κ3) is 5.22. The largest absolute Gasteiger partial charge is 0.353 e. The fraction of sp³-hybridized carbons (Fsp3) is 0.615. The Morgan fingerprint density at radius 3 is 2.58 bits per heavy atom. The van der Waals surface area contributed by atoms with Gasteiger partial charge in [-0.15, -0.1) is 11.3 Å². The number of hydrogen-bond acceptors (Lipinski definition) is 4. The van der Waals surface area contributed by atoms with E-state index < -0.39 is 0 Å². The first-order chi connectivity index (χ1) is 8.81. The van der Waals surface area contributed by atoms with E-state index in [1.54, 1.807) is 11.3 Å². The first kappa shape index (κ1) is 16.6. The van der Waals surface area contributed by atoms with Crippen molar-refractivity contribution >= 4 is 33.2 Å². The molecule has 2 unspecified atom stereocenters. The van der Waals surface area contributed by atoms with Crippen LogP contribution in [0, 0.1) is 0 Å². The molecule has 0 aromatic carbocycles. The molecule has 0 fully saturated rings. The summed E-state index contributed by atoms with van der Waals surface area (Å²) in [6, 6.07) is 2.23. The summed E-state index contributed by atoms with van der Waals surface area (Å²) < 4.78 is 1.05. The highest BCUT2D eigenvalue weighted by molar-refractivity contribution is 9.10. The van der Waals surface area contributed by atoms with Crippen LogP contribution >= 0.6 is 27.3 Å². The lowest BCUT2D eigenvalue weighted by molar-refractivity contribution is -0.123. The fourth-order valence-electron chi connectivity index (χ4n) is 2.05. The zero-order valence-electron chi connectivity index (χ0n) is 11.8. The van der Waals surface area contributed by atoms with Crippen LogP contribution in [0.4, 0.5) is 0 Å². The van der Waals surface area contributed by atoms with E-state index in [0.29, 0.717) is 6.54 Å². The summed E-state index contributed by atoms with van der Waals surface area (Å²) in [5.74, 6) is 0.0266. The van der Waals surface area contributed by atoms with Crippen LogP contribution in [0.15, 0.2) is 15.9 Å². The minimum atomic E-state index is -0.0394. The summed E-state index contributed by atoms with van der Waals surface area (Å²) in [7, 11) is 1.93. The van der Waals surface area contributed by atoms with Gasteiger partial charge in [0.05, 0.1) is 12.6 Å². The molecule has 0 saturated carbocycles. The first-order valence-electron chi connectivity index (χ1n) is 6.30. The van der Waals surface area contributed by atoms with Crippen molar-refractivity contribution in [3.05, 3.63) is 20.8 Å². The summed E-state index contributed by atoms with van der Waals surface area (Å²) in [5, 5.41) is 4.93. The van der Waals surface area contributed by atoms with E-state index in [2.05, 4.69) is 27.3 Å². The van der Waals surface area contributed by atoms with Gasteiger partial charge in [0.1, 0.15) is 0 Å². The molecule has 0 saturated heterocycles. The van der Waals surface area contributed by atoms with E-state index in [9.17, 15) is 4.79 Å². The number of rotatable bonds is 6. The molecule has 4 nitrogen and oxygen atoms in total. The van der Waals surface area contributed by atoms with E-state index in [-0.39, 0.29) is 24.0 Å². The predicted molar refractivity (Wildman–Crippen MR) is 84.3 cm³/mol. The Morgan fingerprint density at radius 1 is 1.53 bits per heavy atom. The van der Waals surface area contributed by atoms with Gasteiger partial charge in [-0.3, -0.25) is 9.69 Å². The average molecular weight is 348 g/mol. The standard InChI is InChI=1S/C13H22BrN3OS/c1-8(2)16-12(18)6-17(4)13(9(3)15)11-5-10(14)7-19-11/h5,7-9,13H,6,15H2,1-4H3,(H,16,18). The molecule has 3 N–H and O–H groups in total. The van der Waals surface area contributed by atoms with Gasteiger partial charge < -0.3 is 11.1 Å². The van der Waals surface area contributed by atoms with Crippen molar-refractivity contribution < 1.29 is 4.79 Å². The monoisotopic (exact) mass is 347 g/mol. The maximum absolute atomic E-state index is 11.8. The van der Waals surface area contributed by atoms with E-state index in [1.165, 1.54) is 4.88 Å². The Kier molecular flexibility index (Phi) is 6.46. The molecule has 0 aliphatic carbocycles. The third-order valence-electron chi connectivity index (χ3n) is 2.69. The number of thiophene rings is 1. The summed E-state index contributed by atoms with van der Waals surface area (Å²) in [5.41, 5.74) is 6.07. The number of nitrogens with one attached hydrogen (secondary N) is 1. The van der Waals surface area contributed by atoms with Gasteiger partial charge in [-0.1, -0.05) is 0 Å². The van der Waals surface area contributed by atoms with Gasteiger partial charge in [-0.2, -0.15) is 0 Å². The molecule has 0 aliphatic rings. The van der Waals surface area contributed by atoms with Gasteiger partial charge in [-0.05, 0) is 49.8 Å². The molecule has 0 radical (unpaired) electrons. The molecule has 1 aromatic heterocycles. The minimum Gasteiger partial charge on any atom is -0.353 e. The second-order valence-corrected chi connectivity index (χ2v) is 6.97. The van der Waals surface area contributed by atoms with Gasteiger partial charge in [0.15, 0.2) is 0 Å². The lowest BCUT2D eigenvalue weighted by Crippen LogP contribution is -2.43. The second-order valence-electron chi connectivity index (χ2n) is 5.11. The summed E-state index contributed by atoms with van der Waals surface area (Å²) in [4.78, 5) is 15.0. The molecule has 1 amide bonds. The Bertz CT molecular complexity index is 420. The van der Waals surface area contributed by atoms with Crippen molar-refractivity contribution in [2.75, 3.05) is 13.6 Å². The fourth-order valence-corrected chi connectivity index (χ4v) is 3.78. The van der Waals surface area contributed by atoms with Crippen LogP contribution in [-0.4, -0.2) is 36.5 Å². The zero-order valence-corrected chi connectivity index (χ0v) is 14.2. The van der Waals surface area contributed by atoms with Crippen LogP contribution < -0.4 is 11.1 Å². The van der Waals surface area contributed by atoms with E-state index in [4.69, 9.17) is 5.73 Å². The molecule has 1 rings (SSSR count). The maximum atomic E-state index is 11.8. The number of likely N-dealkylation sites (N-methyl/N-ethyl adjacent to an activating group) is 1. The number of halogens is 1. The molecule has 1 aromatic rings. The van der Waals surface area contributed by atoms with Crippen molar-refractivity contribution in [2.24, 2.45) is 5.73 Å². The highest BCUT2D eigenvalue weighted by atomic mass is 79.9. The van der Waals surface area contributed by atoms with Crippen molar-refractivity contribution in [2.45, 2.75) is 38.9 Å². The smallest absolute Gasteiger partial charge is 0.234 e. The van der Waals surface area contributed by atoms with Gasteiger partial charge >= 0.3 is 0 Å². The van der Waals surface area contributed by atoms with Crippen molar-refractivity contribution in [1.82, 2.24) is 10.2 Å². The molecule has 1 heterocycles. The summed E-state index contributed by atoms with van der Waals surface area (Å²) in [6.45, 7) is 6.23. The highest BCUT2D eigenvalue weighted by Crippen LogP contribution is 2.30. The van der Waals surface area contributed by atoms with Crippen molar-refractivity contribution in [3.8, 4) is 0 Å². The number of nitrogens with zero attached hydrogens (tertiary/aromatic N) is 1. The van der Waals surface area contributed by atoms with Gasteiger partial charge in [0.25, 0.3) is 0 Å². The first-order valence-corrected chi connectivity index (χ1v) is 7.97.